The van der Waals surface area contributed by atoms with E-state index in [1.54, 1.807) is 0 Å². The molecule has 2 saturated carbocycles. The summed E-state index contributed by atoms with van der Waals surface area (Å²) in [7, 11) is 1.83. The molecule has 0 radical (unpaired) electrons. The SMILES string of the molecule is CN=C(NCc1ccnc(OCC2CC2)c1)NC1CCC(SC)C1.I. The second kappa shape index (κ2) is 10.4. The second-order valence-electron chi connectivity index (χ2n) is 6.69. The summed E-state index contributed by atoms with van der Waals surface area (Å²) in [6.45, 7) is 1.52. The molecule has 7 heteroatoms. The molecule has 1 aromatic rings. The molecule has 5 nitrogen and oxygen atoms in total. The van der Waals surface area contributed by atoms with E-state index in [1.807, 2.05) is 37.1 Å². The minimum atomic E-state index is 0. The van der Waals surface area contributed by atoms with Crippen LogP contribution < -0.4 is 15.4 Å². The number of pyridine rings is 1. The van der Waals surface area contributed by atoms with Crippen LogP contribution in [0, 0.1) is 5.92 Å². The summed E-state index contributed by atoms with van der Waals surface area (Å²) < 4.78 is 5.75. The molecule has 25 heavy (non-hydrogen) atoms. The standard InChI is InChI=1S/C18H28N4OS.HI/c1-19-18(22-15-5-6-16(10-15)24-2)21-11-14-7-8-20-17(9-14)23-12-13-3-4-13;/h7-9,13,15-16H,3-6,10-12H2,1-2H3,(H2,19,21,22);1H. The van der Waals surface area contributed by atoms with E-state index in [2.05, 4.69) is 26.9 Å². The Balaban J connectivity index is 0.00000225. The van der Waals surface area contributed by atoms with Gasteiger partial charge in [-0.3, -0.25) is 4.99 Å². The summed E-state index contributed by atoms with van der Waals surface area (Å²) in [6, 6.07) is 4.56. The largest absolute Gasteiger partial charge is 0.477 e. The van der Waals surface area contributed by atoms with Gasteiger partial charge in [0.1, 0.15) is 0 Å². The third-order valence-electron chi connectivity index (χ3n) is 4.71. The van der Waals surface area contributed by atoms with Gasteiger partial charge < -0.3 is 15.4 Å². The average Bonchev–Trinajstić information content (AvgIpc) is 3.34. The number of hydrogen-bond donors (Lipinski definition) is 2. The number of thioether (sulfide) groups is 1. The Labute approximate surface area is 172 Å². The monoisotopic (exact) mass is 476 g/mol. The summed E-state index contributed by atoms with van der Waals surface area (Å²) in [4.78, 5) is 8.64. The molecular weight excluding hydrogens is 447 g/mol. The maximum atomic E-state index is 5.75. The molecule has 0 saturated heterocycles. The highest BCUT2D eigenvalue weighted by Crippen LogP contribution is 2.29. The molecule has 0 aliphatic heterocycles. The number of guanidine groups is 1. The molecule has 2 N–H and O–H groups in total. The van der Waals surface area contributed by atoms with Crippen molar-refractivity contribution in [2.24, 2.45) is 10.9 Å². The summed E-state index contributed by atoms with van der Waals surface area (Å²) in [5.74, 6) is 2.34. The Kier molecular flexibility index (Phi) is 8.61. The normalized spacial score (nSPS) is 23.0. The zero-order valence-corrected chi connectivity index (χ0v) is 18.2. The lowest BCUT2D eigenvalue weighted by Gasteiger charge is -2.17. The molecule has 1 heterocycles. The molecule has 0 bridgehead atoms. The number of halogens is 1. The molecule has 2 aliphatic rings. The highest BCUT2D eigenvalue weighted by molar-refractivity contribution is 14.0. The molecule has 0 amide bonds. The topological polar surface area (TPSA) is 58.5 Å². The van der Waals surface area contributed by atoms with Crippen molar-refractivity contribution in [2.45, 2.75) is 49.9 Å². The fourth-order valence-electron chi connectivity index (χ4n) is 2.99. The Morgan fingerprint density at radius 1 is 1.36 bits per heavy atom. The van der Waals surface area contributed by atoms with Crippen LogP contribution in [0.3, 0.4) is 0 Å². The van der Waals surface area contributed by atoms with Gasteiger partial charge in [0.05, 0.1) is 6.61 Å². The van der Waals surface area contributed by atoms with Gasteiger partial charge in [-0.15, -0.1) is 24.0 Å². The van der Waals surface area contributed by atoms with Crippen LogP contribution in [-0.2, 0) is 6.54 Å². The summed E-state index contributed by atoms with van der Waals surface area (Å²) in [6.07, 6.45) is 10.3. The average molecular weight is 476 g/mol. The molecule has 0 spiro atoms. The van der Waals surface area contributed by atoms with E-state index in [9.17, 15) is 0 Å². The van der Waals surface area contributed by atoms with E-state index < -0.39 is 0 Å². The number of nitrogens with one attached hydrogen (secondary N) is 2. The van der Waals surface area contributed by atoms with Gasteiger partial charge in [0, 0.05) is 37.1 Å². The van der Waals surface area contributed by atoms with Crippen molar-refractivity contribution in [3.63, 3.8) is 0 Å². The molecule has 2 aliphatic carbocycles. The lowest BCUT2D eigenvalue weighted by atomic mass is 10.2. The maximum absolute atomic E-state index is 5.75. The first-order chi connectivity index (χ1) is 11.8. The van der Waals surface area contributed by atoms with E-state index >= 15 is 0 Å². The molecule has 2 fully saturated rings. The van der Waals surface area contributed by atoms with Gasteiger partial charge in [0.25, 0.3) is 0 Å². The number of aromatic nitrogens is 1. The Hall–Kier alpha value is -0.700. The highest BCUT2D eigenvalue weighted by Gasteiger charge is 2.24. The van der Waals surface area contributed by atoms with Crippen molar-refractivity contribution >= 4 is 41.7 Å². The second-order valence-corrected chi connectivity index (χ2v) is 7.83. The highest BCUT2D eigenvalue weighted by atomic mass is 127. The van der Waals surface area contributed by atoms with Gasteiger partial charge in [-0.25, -0.2) is 4.98 Å². The first kappa shape index (κ1) is 20.6. The number of nitrogens with zero attached hydrogens (tertiary/aromatic N) is 2. The van der Waals surface area contributed by atoms with Crippen LogP contribution in [-0.4, -0.2) is 42.1 Å². The van der Waals surface area contributed by atoms with Gasteiger partial charge in [0.15, 0.2) is 5.96 Å². The van der Waals surface area contributed by atoms with Crippen molar-refractivity contribution in [3.05, 3.63) is 23.9 Å². The Morgan fingerprint density at radius 3 is 2.88 bits per heavy atom. The van der Waals surface area contributed by atoms with Gasteiger partial charge in [0.2, 0.25) is 5.88 Å². The van der Waals surface area contributed by atoms with Gasteiger partial charge >= 0.3 is 0 Å². The lowest BCUT2D eigenvalue weighted by Crippen LogP contribution is -2.42. The van der Waals surface area contributed by atoms with E-state index in [4.69, 9.17) is 4.74 Å². The molecule has 140 valence electrons. The van der Waals surface area contributed by atoms with Crippen LogP contribution in [0.4, 0.5) is 0 Å². The van der Waals surface area contributed by atoms with Gasteiger partial charge in [-0.1, -0.05) is 0 Å². The predicted octanol–water partition coefficient (Wildman–Crippen LogP) is 3.44. The van der Waals surface area contributed by atoms with Crippen LogP contribution in [0.5, 0.6) is 5.88 Å². The number of ether oxygens (including phenoxy) is 1. The zero-order valence-electron chi connectivity index (χ0n) is 15.0. The molecule has 1 aromatic heterocycles. The summed E-state index contributed by atoms with van der Waals surface area (Å²) in [5, 5.41) is 7.72. The van der Waals surface area contributed by atoms with Crippen molar-refractivity contribution < 1.29 is 4.74 Å². The molecular formula is C18H29IN4OS. The maximum Gasteiger partial charge on any atom is 0.213 e. The lowest BCUT2D eigenvalue weighted by molar-refractivity contribution is 0.288. The number of aliphatic imine (C=N–C) groups is 1. The smallest absolute Gasteiger partial charge is 0.213 e. The first-order valence-electron chi connectivity index (χ1n) is 8.84. The van der Waals surface area contributed by atoms with Crippen LogP contribution >= 0.6 is 35.7 Å². The van der Waals surface area contributed by atoms with Crippen molar-refractivity contribution in [1.29, 1.82) is 0 Å². The van der Waals surface area contributed by atoms with Crippen LogP contribution in [0.25, 0.3) is 0 Å². The van der Waals surface area contributed by atoms with Gasteiger partial charge in [-0.05, 0) is 55.9 Å². The fraction of sp³-hybridized carbons (Fsp3) is 0.667. The first-order valence-corrected chi connectivity index (χ1v) is 10.1. The van der Waals surface area contributed by atoms with E-state index in [1.165, 1.54) is 32.1 Å². The fourth-order valence-corrected chi connectivity index (χ4v) is 3.78. The zero-order chi connectivity index (χ0) is 16.8. The molecule has 2 unspecified atom stereocenters. The van der Waals surface area contributed by atoms with Crippen LogP contribution in [0.1, 0.15) is 37.7 Å². The molecule has 0 aromatic carbocycles. The van der Waals surface area contributed by atoms with Crippen LogP contribution in [0.15, 0.2) is 23.3 Å². The predicted molar refractivity (Wildman–Crippen MR) is 116 cm³/mol. The van der Waals surface area contributed by atoms with Crippen molar-refractivity contribution in [3.8, 4) is 5.88 Å². The minimum Gasteiger partial charge on any atom is -0.477 e. The summed E-state index contributed by atoms with van der Waals surface area (Å²) in [5.41, 5.74) is 1.16. The van der Waals surface area contributed by atoms with Crippen molar-refractivity contribution in [1.82, 2.24) is 15.6 Å². The number of hydrogen-bond acceptors (Lipinski definition) is 4. The third-order valence-corrected chi connectivity index (χ3v) is 5.80. The van der Waals surface area contributed by atoms with Gasteiger partial charge in [-0.2, -0.15) is 11.8 Å². The third kappa shape index (κ3) is 6.84. The Morgan fingerprint density at radius 2 is 2.20 bits per heavy atom. The van der Waals surface area contributed by atoms with E-state index in [-0.39, 0.29) is 24.0 Å². The van der Waals surface area contributed by atoms with E-state index in [0.29, 0.717) is 6.04 Å². The van der Waals surface area contributed by atoms with Crippen molar-refractivity contribution in [2.75, 3.05) is 19.9 Å². The quantitative estimate of drug-likeness (QED) is 0.359. The summed E-state index contributed by atoms with van der Waals surface area (Å²) >= 11 is 1.97. The minimum absolute atomic E-state index is 0. The van der Waals surface area contributed by atoms with Crippen LogP contribution in [0.2, 0.25) is 0 Å². The molecule has 2 atom stereocenters. The number of rotatable bonds is 7. The Bertz CT molecular complexity index is 568. The van der Waals surface area contributed by atoms with E-state index in [0.717, 1.165) is 41.7 Å². The molecule has 3 rings (SSSR count).